The first-order chi connectivity index (χ1) is 8.26. The monoisotopic (exact) mass is 268 g/mol. The van der Waals surface area contributed by atoms with Crippen LogP contribution in [-0.4, -0.2) is 23.1 Å². The molecule has 0 aliphatic heterocycles. The predicted octanol–water partition coefficient (Wildman–Crippen LogP) is 3.01. The van der Waals surface area contributed by atoms with Gasteiger partial charge in [0.15, 0.2) is 0 Å². The van der Waals surface area contributed by atoms with Crippen LogP contribution in [0, 0.1) is 5.41 Å². The molecule has 19 heavy (non-hydrogen) atoms. The summed E-state index contributed by atoms with van der Waals surface area (Å²) in [5.74, 6) is -0.864. The molecule has 4 heteroatoms. The summed E-state index contributed by atoms with van der Waals surface area (Å²) in [4.78, 5) is 24.1. The van der Waals surface area contributed by atoms with Gasteiger partial charge in [-0.25, -0.2) is 9.59 Å². The van der Waals surface area contributed by atoms with E-state index < -0.39 is 28.6 Å². The van der Waals surface area contributed by atoms with Crippen molar-refractivity contribution in [2.75, 3.05) is 0 Å². The van der Waals surface area contributed by atoms with Crippen LogP contribution in [0.3, 0.4) is 0 Å². The van der Waals surface area contributed by atoms with Gasteiger partial charge in [-0.2, -0.15) is 0 Å². The van der Waals surface area contributed by atoms with Crippen molar-refractivity contribution in [3.63, 3.8) is 0 Å². The van der Waals surface area contributed by atoms with E-state index >= 15 is 0 Å². The highest BCUT2D eigenvalue weighted by atomic mass is 16.6. The Balaban J connectivity index is 2.88. The summed E-state index contributed by atoms with van der Waals surface area (Å²) < 4.78 is 10.6. The number of hydrogen-bond donors (Lipinski definition) is 0. The maximum absolute atomic E-state index is 12.0. The van der Waals surface area contributed by atoms with Crippen LogP contribution in [0.4, 0.5) is 0 Å². The fourth-order valence-corrected chi connectivity index (χ4v) is 1.84. The molecule has 0 saturated carbocycles. The maximum atomic E-state index is 12.0. The molecular formula is C15H24O4. The SMILES string of the molecule is CC(C)(C)OC(=O)C1=C(C(=O)OC(C)(C)C)C1(C)C. The van der Waals surface area contributed by atoms with Gasteiger partial charge in [0.05, 0.1) is 11.1 Å². The van der Waals surface area contributed by atoms with Crippen molar-refractivity contribution in [1.29, 1.82) is 0 Å². The number of ether oxygens (including phenoxy) is 2. The van der Waals surface area contributed by atoms with E-state index in [1.807, 2.05) is 13.8 Å². The molecule has 108 valence electrons. The van der Waals surface area contributed by atoms with E-state index in [2.05, 4.69) is 0 Å². The molecular weight excluding hydrogens is 244 g/mol. The topological polar surface area (TPSA) is 52.6 Å². The molecule has 0 heterocycles. The zero-order valence-electron chi connectivity index (χ0n) is 13.1. The Labute approximate surface area is 115 Å². The Morgan fingerprint density at radius 3 is 1.26 bits per heavy atom. The number of carbonyl (C=O) groups excluding carboxylic acids is 2. The van der Waals surface area contributed by atoms with Gasteiger partial charge in [0, 0.05) is 5.41 Å². The molecule has 1 aliphatic rings. The summed E-state index contributed by atoms with van der Waals surface area (Å²) >= 11 is 0. The van der Waals surface area contributed by atoms with E-state index in [9.17, 15) is 9.59 Å². The van der Waals surface area contributed by atoms with Crippen molar-refractivity contribution in [2.24, 2.45) is 5.41 Å². The van der Waals surface area contributed by atoms with E-state index in [0.29, 0.717) is 11.1 Å². The number of carbonyl (C=O) groups is 2. The van der Waals surface area contributed by atoms with Crippen LogP contribution in [0.15, 0.2) is 11.1 Å². The number of hydrogen-bond acceptors (Lipinski definition) is 4. The van der Waals surface area contributed by atoms with E-state index in [-0.39, 0.29) is 0 Å². The first-order valence-corrected chi connectivity index (χ1v) is 6.47. The lowest BCUT2D eigenvalue weighted by Crippen LogP contribution is -2.24. The maximum Gasteiger partial charge on any atom is 0.336 e. The lowest BCUT2D eigenvalue weighted by Gasteiger charge is -2.19. The standard InChI is InChI=1S/C15H24O4/c1-13(2,3)18-11(16)9-10(15(9,7)8)12(17)19-14(4,5)6/h1-8H3. The van der Waals surface area contributed by atoms with Gasteiger partial charge in [-0.05, 0) is 41.5 Å². The van der Waals surface area contributed by atoms with Crippen LogP contribution in [0.5, 0.6) is 0 Å². The van der Waals surface area contributed by atoms with Crippen LogP contribution < -0.4 is 0 Å². The third-order valence-electron chi connectivity index (χ3n) is 2.64. The molecule has 0 amide bonds. The third kappa shape index (κ3) is 3.82. The highest BCUT2D eigenvalue weighted by molar-refractivity contribution is 6.11. The molecule has 0 aromatic heterocycles. The molecule has 0 aromatic carbocycles. The van der Waals surface area contributed by atoms with Gasteiger partial charge in [-0.15, -0.1) is 0 Å². The van der Waals surface area contributed by atoms with Crippen molar-refractivity contribution in [1.82, 2.24) is 0 Å². The molecule has 0 N–H and O–H groups in total. The minimum Gasteiger partial charge on any atom is -0.457 e. The second-order valence-electron chi connectivity index (χ2n) is 7.38. The lowest BCUT2D eigenvalue weighted by molar-refractivity contribution is -0.151. The average Bonchev–Trinajstić information content (AvgIpc) is 2.62. The fourth-order valence-electron chi connectivity index (χ4n) is 1.84. The summed E-state index contributed by atoms with van der Waals surface area (Å²) in [6.45, 7) is 14.4. The quantitative estimate of drug-likeness (QED) is 0.722. The minimum absolute atomic E-state index is 0.427. The van der Waals surface area contributed by atoms with Crippen molar-refractivity contribution in [3.05, 3.63) is 11.1 Å². The van der Waals surface area contributed by atoms with Gasteiger partial charge in [-0.1, -0.05) is 13.8 Å². The van der Waals surface area contributed by atoms with Gasteiger partial charge < -0.3 is 9.47 Å². The zero-order chi connectivity index (χ0) is 15.2. The molecule has 0 radical (unpaired) electrons. The van der Waals surface area contributed by atoms with Gasteiger partial charge in [0.2, 0.25) is 0 Å². The van der Waals surface area contributed by atoms with Crippen molar-refractivity contribution >= 4 is 11.9 Å². The zero-order valence-corrected chi connectivity index (χ0v) is 13.1. The summed E-state index contributed by atoms with van der Waals surface area (Å²) in [6.07, 6.45) is 0. The Hall–Kier alpha value is -1.32. The van der Waals surface area contributed by atoms with Crippen LogP contribution in [0.1, 0.15) is 55.4 Å². The molecule has 1 aliphatic carbocycles. The summed E-state index contributed by atoms with van der Waals surface area (Å²) in [6, 6.07) is 0. The van der Waals surface area contributed by atoms with Crippen LogP contribution in [-0.2, 0) is 19.1 Å². The molecule has 0 fully saturated rings. The Morgan fingerprint density at radius 2 is 1.05 bits per heavy atom. The fraction of sp³-hybridized carbons (Fsp3) is 0.733. The predicted molar refractivity (Wildman–Crippen MR) is 72.5 cm³/mol. The normalized spacial score (nSPS) is 18.1. The van der Waals surface area contributed by atoms with Crippen LogP contribution in [0.2, 0.25) is 0 Å². The highest BCUT2D eigenvalue weighted by Gasteiger charge is 2.55. The summed E-state index contributed by atoms with van der Waals surface area (Å²) in [7, 11) is 0. The second kappa shape index (κ2) is 4.36. The number of rotatable bonds is 2. The molecule has 0 atom stereocenters. The van der Waals surface area contributed by atoms with Gasteiger partial charge in [0.25, 0.3) is 0 Å². The smallest absolute Gasteiger partial charge is 0.336 e. The van der Waals surface area contributed by atoms with Crippen molar-refractivity contribution < 1.29 is 19.1 Å². The Kier molecular flexibility index (Phi) is 3.61. The Bertz CT molecular complexity index is 402. The van der Waals surface area contributed by atoms with Crippen LogP contribution in [0.25, 0.3) is 0 Å². The summed E-state index contributed by atoms with van der Waals surface area (Å²) in [5, 5.41) is 0. The molecule has 0 aromatic rings. The summed E-state index contributed by atoms with van der Waals surface area (Å²) in [5.41, 5.74) is -0.831. The van der Waals surface area contributed by atoms with Crippen LogP contribution >= 0.6 is 0 Å². The first-order valence-electron chi connectivity index (χ1n) is 6.47. The largest absolute Gasteiger partial charge is 0.457 e. The van der Waals surface area contributed by atoms with Crippen molar-refractivity contribution in [3.8, 4) is 0 Å². The highest BCUT2D eigenvalue weighted by Crippen LogP contribution is 2.53. The van der Waals surface area contributed by atoms with E-state index in [1.165, 1.54) is 0 Å². The molecule has 0 bridgehead atoms. The molecule has 0 spiro atoms. The molecule has 4 nitrogen and oxygen atoms in total. The van der Waals surface area contributed by atoms with E-state index in [4.69, 9.17) is 9.47 Å². The third-order valence-corrected chi connectivity index (χ3v) is 2.64. The number of esters is 2. The molecule has 1 rings (SSSR count). The van der Waals surface area contributed by atoms with Gasteiger partial charge in [0.1, 0.15) is 11.2 Å². The van der Waals surface area contributed by atoms with Gasteiger partial charge >= 0.3 is 11.9 Å². The van der Waals surface area contributed by atoms with E-state index in [1.54, 1.807) is 41.5 Å². The Morgan fingerprint density at radius 1 is 0.789 bits per heavy atom. The van der Waals surface area contributed by atoms with E-state index in [0.717, 1.165) is 0 Å². The molecule has 0 unspecified atom stereocenters. The molecule has 0 saturated heterocycles. The van der Waals surface area contributed by atoms with Gasteiger partial charge in [-0.3, -0.25) is 0 Å². The average molecular weight is 268 g/mol. The minimum atomic E-state index is -0.568. The lowest BCUT2D eigenvalue weighted by atomic mass is 10.0. The van der Waals surface area contributed by atoms with Crippen molar-refractivity contribution in [2.45, 2.75) is 66.6 Å². The first kappa shape index (κ1) is 15.7. The second-order valence-corrected chi connectivity index (χ2v) is 7.38.